The maximum atomic E-state index is 12.4. The molecule has 0 atom stereocenters. The predicted molar refractivity (Wildman–Crippen MR) is 85.9 cm³/mol. The van der Waals surface area contributed by atoms with Crippen LogP contribution < -0.4 is 10.1 Å². The molecule has 0 fully saturated rings. The van der Waals surface area contributed by atoms with Gasteiger partial charge in [-0.3, -0.25) is 4.79 Å². The van der Waals surface area contributed by atoms with Gasteiger partial charge in [-0.15, -0.1) is 0 Å². The molecule has 0 bridgehead atoms. The van der Waals surface area contributed by atoms with Gasteiger partial charge in [0, 0.05) is 5.69 Å². The minimum Gasteiger partial charge on any atom is -0.488 e. The van der Waals surface area contributed by atoms with Crippen molar-refractivity contribution in [2.24, 2.45) is 0 Å². The molecular formula is C18H19NO2. The summed E-state index contributed by atoms with van der Waals surface area (Å²) in [7, 11) is 0. The average Bonchev–Trinajstić information content (AvgIpc) is 2.45. The lowest BCUT2D eigenvalue weighted by Crippen LogP contribution is -2.14. The summed E-state index contributed by atoms with van der Waals surface area (Å²) in [4.78, 5) is 12.4. The summed E-state index contributed by atoms with van der Waals surface area (Å²) in [5.74, 6) is 0.378. The molecule has 0 heterocycles. The van der Waals surface area contributed by atoms with Crippen LogP contribution in [0.4, 0.5) is 5.69 Å². The first-order valence-electron chi connectivity index (χ1n) is 6.80. The van der Waals surface area contributed by atoms with Crippen molar-refractivity contribution in [3.05, 3.63) is 71.8 Å². The van der Waals surface area contributed by atoms with Gasteiger partial charge in [0.05, 0.1) is 5.56 Å². The molecule has 0 saturated carbocycles. The lowest BCUT2D eigenvalue weighted by molar-refractivity contribution is 0.102. The number of hydrogen-bond acceptors (Lipinski definition) is 2. The van der Waals surface area contributed by atoms with Gasteiger partial charge >= 0.3 is 0 Å². The first-order valence-corrected chi connectivity index (χ1v) is 6.80. The van der Waals surface area contributed by atoms with Crippen molar-refractivity contribution in [3.63, 3.8) is 0 Å². The molecule has 3 nitrogen and oxygen atoms in total. The van der Waals surface area contributed by atoms with Crippen LogP contribution in [0.3, 0.4) is 0 Å². The van der Waals surface area contributed by atoms with Gasteiger partial charge < -0.3 is 10.1 Å². The second-order valence-electron chi connectivity index (χ2n) is 5.07. The SMILES string of the molecule is C=C(C)COc1ccccc1C(=O)Nc1cccc(C)c1. The van der Waals surface area contributed by atoms with Crippen molar-refractivity contribution in [2.75, 3.05) is 11.9 Å². The molecule has 21 heavy (non-hydrogen) atoms. The van der Waals surface area contributed by atoms with E-state index in [9.17, 15) is 4.79 Å². The number of aryl methyl sites for hydroxylation is 1. The second kappa shape index (κ2) is 6.75. The van der Waals surface area contributed by atoms with Crippen LogP contribution in [0.1, 0.15) is 22.8 Å². The summed E-state index contributed by atoms with van der Waals surface area (Å²) in [5, 5.41) is 2.89. The Balaban J connectivity index is 2.17. The number of carbonyl (C=O) groups excluding carboxylic acids is 1. The third kappa shape index (κ3) is 4.21. The van der Waals surface area contributed by atoms with Gasteiger partial charge in [0.15, 0.2) is 0 Å². The van der Waals surface area contributed by atoms with Crippen LogP contribution in [0.15, 0.2) is 60.7 Å². The van der Waals surface area contributed by atoms with Crippen LogP contribution in [0.2, 0.25) is 0 Å². The quantitative estimate of drug-likeness (QED) is 0.834. The largest absolute Gasteiger partial charge is 0.488 e. The molecule has 0 saturated heterocycles. The Morgan fingerprint density at radius 1 is 1.19 bits per heavy atom. The highest BCUT2D eigenvalue weighted by atomic mass is 16.5. The molecular weight excluding hydrogens is 262 g/mol. The maximum Gasteiger partial charge on any atom is 0.259 e. The molecule has 0 aliphatic rings. The summed E-state index contributed by atoms with van der Waals surface area (Å²) in [6.07, 6.45) is 0. The molecule has 0 aliphatic heterocycles. The van der Waals surface area contributed by atoms with E-state index in [1.165, 1.54) is 0 Å². The standard InChI is InChI=1S/C18H19NO2/c1-13(2)12-21-17-10-5-4-9-16(17)18(20)19-15-8-6-7-14(3)11-15/h4-11H,1,12H2,2-3H3,(H,19,20). The number of carbonyl (C=O) groups is 1. The van der Waals surface area contributed by atoms with E-state index in [2.05, 4.69) is 11.9 Å². The van der Waals surface area contributed by atoms with Crippen LogP contribution in [-0.4, -0.2) is 12.5 Å². The molecule has 108 valence electrons. The van der Waals surface area contributed by atoms with Gasteiger partial charge in [-0.05, 0) is 49.2 Å². The van der Waals surface area contributed by atoms with E-state index in [-0.39, 0.29) is 5.91 Å². The smallest absolute Gasteiger partial charge is 0.259 e. The lowest BCUT2D eigenvalue weighted by Gasteiger charge is -2.12. The molecule has 1 N–H and O–H groups in total. The zero-order valence-corrected chi connectivity index (χ0v) is 12.3. The first-order chi connectivity index (χ1) is 10.1. The fourth-order valence-electron chi connectivity index (χ4n) is 1.90. The van der Waals surface area contributed by atoms with Gasteiger partial charge in [-0.25, -0.2) is 0 Å². The fourth-order valence-corrected chi connectivity index (χ4v) is 1.90. The molecule has 0 spiro atoms. The Kier molecular flexibility index (Phi) is 4.77. The summed E-state index contributed by atoms with van der Waals surface area (Å²) >= 11 is 0. The normalized spacial score (nSPS) is 10.0. The summed E-state index contributed by atoms with van der Waals surface area (Å²) in [6, 6.07) is 14.9. The predicted octanol–water partition coefficient (Wildman–Crippen LogP) is 4.20. The van der Waals surface area contributed by atoms with E-state index in [4.69, 9.17) is 4.74 Å². The zero-order chi connectivity index (χ0) is 15.2. The summed E-state index contributed by atoms with van der Waals surface area (Å²) in [6.45, 7) is 8.06. The van der Waals surface area contributed by atoms with Gasteiger partial charge in [0.1, 0.15) is 12.4 Å². The minimum atomic E-state index is -0.182. The number of rotatable bonds is 5. The Labute approximate surface area is 125 Å². The number of ether oxygens (including phenoxy) is 1. The molecule has 2 rings (SSSR count). The maximum absolute atomic E-state index is 12.4. The molecule has 0 radical (unpaired) electrons. The van der Waals surface area contributed by atoms with E-state index in [0.717, 1.165) is 16.8 Å². The highest BCUT2D eigenvalue weighted by molar-refractivity contribution is 6.06. The molecule has 2 aromatic rings. The number of hydrogen-bond donors (Lipinski definition) is 1. The van der Waals surface area contributed by atoms with Crippen molar-refractivity contribution in [1.82, 2.24) is 0 Å². The number of amides is 1. The molecule has 3 heteroatoms. The third-order valence-electron chi connectivity index (χ3n) is 2.88. The number of anilines is 1. The van der Waals surface area contributed by atoms with E-state index in [0.29, 0.717) is 17.9 Å². The number of nitrogens with one attached hydrogen (secondary N) is 1. The van der Waals surface area contributed by atoms with E-state index < -0.39 is 0 Å². The van der Waals surface area contributed by atoms with E-state index >= 15 is 0 Å². The van der Waals surface area contributed by atoms with Crippen LogP contribution in [0, 0.1) is 6.92 Å². The van der Waals surface area contributed by atoms with Gasteiger partial charge in [0.25, 0.3) is 5.91 Å². The van der Waals surface area contributed by atoms with Crippen molar-refractivity contribution >= 4 is 11.6 Å². The molecule has 0 aliphatic carbocycles. The molecule has 0 unspecified atom stereocenters. The van der Waals surface area contributed by atoms with Crippen LogP contribution >= 0.6 is 0 Å². The number of benzene rings is 2. The highest BCUT2D eigenvalue weighted by Gasteiger charge is 2.12. The Bertz CT molecular complexity index is 662. The average molecular weight is 281 g/mol. The number of para-hydroxylation sites is 1. The minimum absolute atomic E-state index is 0.182. The van der Waals surface area contributed by atoms with Crippen molar-refractivity contribution in [1.29, 1.82) is 0 Å². The van der Waals surface area contributed by atoms with Crippen LogP contribution in [0.5, 0.6) is 5.75 Å². The zero-order valence-electron chi connectivity index (χ0n) is 12.3. The Hall–Kier alpha value is -2.55. The van der Waals surface area contributed by atoms with E-state index in [1.807, 2.05) is 50.2 Å². The second-order valence-corrected chi connectivity index (χ2v) is 5.07. The Morgan fingerprint density at radius 3 is 2.67 bits per heavy atom. The summed E-state index contributed by atoms with van der Waals surface area (Å²) < 4.78 is 5.62. The van der Waals surface area contributed by atoms with Gasteiger partial charge in [-0.1, -0.05) is 30.8 Å². The first kappa shape index (κ1) is 14.9. The highest BCUT2D eigenvalue weighted by Crippen LogP contribution is 2.20. The molecule has 2 aromatic carbocycles. The Morgan fingerprint density at radius 2 is 1.95 bits per heavy atom. The van der Waals surface area contributed by atoms with E-state index in [1.54, 1.807) is 12.1 Å². The topological polar surface area (TPSA) is 38.3 Å². The van der Waals surface area contributed by atoms with Crippen molar-refractivity contribution in [3.8, 4) is 5.75 Å². The monoisotopic (exact) mass is 281 g/mol. The van der Waals surface area contributed by atoms with Gasteiger partial charge in [0.2, 0.25) is 0 Å². The van der Waals surface area contributed by atoms with Crippen molar-refractivity contribution in [2.45, 2.75) is 13.8 Å². The third-order valence-corrected chi connectivity index (χ3v) is 2.88. The molecule has 0 aromatic heterocycles. The van der Waals surface area contributed by atoms with Crippen LogP contribution in [0.25, 0.3) is 0 Å². The van der Waals surface area contributed by atoms with Crippen molar-refractivity contribution < 1.29 is 9.53 Å². The molecule has 1 amide bonds. The lowest BCUT2D eigenvalue weighted by atomic mass is 10.1. The fraction of sp³-hybridized carbons (Fsp3) is 0.167. The summed E-state index contributed by atoms with van der Waals surface area (Å²) in [5.41, 5.74) is 3.29. The van der Waals surface area contributed by atoms with Crippen LogP contribution in [-0.2, 0) is 0 Å². The van der Waals surface area contributed by atoms with Gasteiger partial charge in [-0.2, -0.15) is 0 Å².